The van der Waals surface area contributed by atoms with Crippen LogP contribution in [0.5, 0.6) is 0 Å². The Kier molecular flexibility index (Phi) is 2.93. The minimum atomic E-state index is -0.702. The molecule has 0 aromatic heterocycles. The number of rotatable bonds is 1. The van der Waals surface area contributed by atoms with Crippen LogP contribution in [-0.4, -0.2) is 35.1 Å². The third-order valence-electron chi connectivity index (χ3n) is 2.03. The molecule has 6 nitrogen and oxygen atoms in total. The molecule has 0 N–H and O–H groups in total. The van der Waals surface area contributed by atoms with Gasteiger partial charge in [0.25, 0.3) is 0 Å². The molecule has 6 heteroatoms. The highest BCUT2D eigenvalue weighted by Crippen LogP contribution is 2.22. The summed E-state index contributed by atoms with van der Waals surface area (Å²) < 4.78 is 5.08. The summed E-state index contributed by atoms with van der Waals surface area (Å²) in [6, 6.07) is -0.662. The molecule has 0 bridgehead atoms. The molecule has 1 aliphatic heterocycles. The first-order chi connectivity index (χ1) is 6.85. The third kappa shape index (κ3) is 2.65. The van der Waals surface area contributed by atoms with Crippen LogP contribution in [0.3, 0.4) is 0 Å². The second kappa shape index (κ2) is 3.85. The van der Waals surface area contributed by atoms with Gasteiger partial charge in [-0.05, 0) is 20.8 Å². The second-order valence-corrected chi connectivity index (χ2v) is 4.42. The molecule has 82 valence electrons. The molecule has 1 heterocycles. The lowest BCUT2D eigenvalue weighted by Gasteiger charge is -2.36. The Balaban J connectivity index is 2.56. The number of diazo groups is 1. The highest BCUT2D eigenvalue weighted by Gasteiger charge is 2.46. The first-order valence-corrected chi connectivity index (χ1v) is 4.74. The molecular formula is C9H14N3O3+. The Bertz CT molecular complexity index is 326. The molecule has 1 aliphatic rings. The van der Waals surface area contributed by atoms with Gasteiger partial charge >= 0.3 is 12.0 Å². The third-order valence-corrected chi connectivity index (χ3v) is 2.03. The maximum absolute atomic E-state index is 11.5. The van der Waals surface area contributed by atoms with Gasteiger partial charge in [-0.15, -0.1) is 0 Å². The molecular weight excluding hydrogens is 198 g/mol. The monoisotopic (exact) mass is 212 g/mol. The molecule has 2 amide bonds. The van der Waals surface area contributed by atoms with Crippen molar-refractivity contribution in [2.75, 3.05) is 6.54 Å². The first-order valence-electron chi connectivity index (χ1n) is 4.74. The average Bonchev–Trinajstić information content (AvgIpc) is 1.97. The summed E-state index contributed by atoms with van der Waals surface area (Å²) in [5, 5.41) is 8.30. The molecule has 0 aromatic carbocycles. The van der Waals surface area contributed by atoms with Gasteiger partial charge in [0.1, 0.15) is 5.60 Å². The zero-order chi connectivity index (χ0) is 11.6. The van der Waals surface area contributed by atoms with Crippen LogP contribution in [-0.2, 0) is 9.53 Å². The van der Waals surface area contributed by atoms with Crippen molar-refractivity contribution >= 4 is 12.0 Å². The van der Waals surface area contributed by atoms with Gasteiger partial charge in [0.15, 0.2) is 6.04 Å². The number of amides is 2. The summed E-state index contributed by atoms with van der Waals surface area (Å²) in [4.78, 5) is 26.3. The maximum Gasteiger partial charge on any atom is 0.583 e. The van der Waals surface area contributed by atoms with Crippen LogP contribution >= 0.6 is 0 Å². The molecule has 15 heavy (non-hydrogen) atoms. The van der Waals surface area contributed by atoms with E-state index in [-0.39, 0.29) is 0 Å². The SMILES string of the molecule is CC(C)(C)OC(=O)N1CCC1C(=O)[N+]#N. The topological polar surface area (TPSA) is 74.8 Å². The Hall–Kier alpha value is -1.64. The molecule has 0 aliphatic carbocycles. The molecule has 0 spiro atoms. The van der Waals surface area contributed by atoms with Gasteiger partial charge in [0.05, 0.1) is 0 Å². The van der Waals surface area contributed by atoms with E-state index in [0.717, 1.165) is 0 Å². The second-order valence-electron chi connectivity index (χ2n) is 4.42. The number of ether oxygens (including phenoxy) is 1. The van der Waals surface area contributed by atoms with Gasteiger partial charge in [-0.25, -0.2) is 4.79 Å². The smallest absolute Gasteiger partial charge is 0.444 e. The molecule has 1 saturated heterocycles. The van der Waals surface area contributed by atoms with Crippen molar-refractivity contribution in [1.29, 1.82) is 5.39 Å². The fourth-order valence-electron chi connectivity index (χ4n) is 1.25. The van der Waals surface area contributed by atoms with Crippen LogP contribution in [0.4, 0.5) is 4.79 Å². The van der Waals surface area contributed by atoms with Crippen molar-refractivity contribution in [2.45, 2.75) is 38.8 Å². The Morgan fingerprint density at radius 2 is 2.07 bits per heavy atom. The molecule has 1 atom stereocenters. The fraction of sp³-hybridized carbons (Fsp3) is 0.778. The van der Waals surface area contributed by atoms with Crippen LogP contribution in [0.15, 0.2) is 0 Å². The largest absolute Gasteiger partial charge is 0.583 e. The van der Waals surface area contributed by atoms with Crippen LogP contribution < -0.4 is 0 Å². The van der Waals surface area contributed by atoms with Gasteiger partial charge in [-0.3, -0.25) is 4.90 Å². The van der Waals surface area contributed by atoms with E-state index < -0.39 is 23.6 Å². The number of nitrogens with zero attached hydrogens (tertiary/aromatic N) is 3. The molecule has 1 rings (SSSR count). The van der Waals surface area contributed by atoms with Crippen molar-refractivity contribution in [3.05, 3.63) is 4.98 Å². The number of hydrogen-bond acceptors (Lipinski definition) is 4. The molecule has 0 saturated carbocycles. The van der Waals surface area contributed by atoms with Crippen molar-refractivity contribution < 1.29 is 14.3 Å². The van der Waals surface area contributed by atoms with E-state index in [1.807, 2.05) is 0 Å². The van der Waals surface area contributed by atoms with E-state index in [9.17, 15) is 9.59 Å². The summed E-state index contributed by atoms with van der Waals surface area (Å²) in [5.74, 6) is -0.702. The van der Waals surface area contributed by atoms with Crippen molar-refractivity contribution in [2.24, 2.45) is 0 Å². The van der Waals surface area contributed by atoms with Crippen molar-refractivity contribution in [3.8, 4) is 0 Å². The maximum atomic E-state index is 11.5. The number of likely N-dealkylation sites (tertiary alicyclic amines) is 1. The fourth-order valence-corrected chi connectivity index (χ4v) is 1.25. The quantitative estimate of drug-likeness (QED) is 0.615. The van der Waals surface area contributed by atoms with Crippen molar-refractivity contribution in [3.63, 3.8) is 0 Å². The Labute approximate surface area is 87.8 Å². The summed E-state index contributed by atoms with van der Waals surface area (Å²) >= 11 is 0. The highest BCUT2D eigenvalue weighted by molar-refractivity contribution is 5.93. The van der Waals surface area contributed by atoms with Crippen molar-refractivity contribution in [1.82, 2.24) is 4.90 Å². The number of carbonyl (C=O) groups is 2. The van der Waals surface area contributed by atoms with Crippen LogP contribution in [0, 0.1) is 5.39 Å². The van der Waals surface area contributed by atoms with E-state index in [1.165, 1.54) is 4.90 Å². The van der Waals surface area contributed by atoms with Crippen LogP contribution in [0.2, 0.25) is 0 Å². The summed E-state index contributed by atoms with van der Waals surface area (Å²) in [7, 11) is 0. The molecule has 0 radical (unpaired) electrons. The first kappa shape index (κ1) is 11.4. The van der Waals surface area contributed by atoms with Gasteiger partial charge in [-0.1, -0.05) is 0 Å². The van der Waals surface area contributed by atoms with E-state index in [2.05, 4.69) is 4.98 Å². The molecule has 1 unspecified atom stereocenters. The summed E-state index contributed by atoms with van der Waals surface area (Å²) in [5.41, 5.74) is -0.587. The lowest BCUT2D eigenvalue weighted by Crippen LogP contribution is -2.55. The summed E-state index contributed by atoms with van der Waals surface area (Å²) in [6.45, 7) is 5.70. The minimum absolute atomic E-state index is 0.459. The van der Waals surface area contributed by atoms with E-state index in [1.54, 1.807) is 20.8 Å². The predicted molar refractivity (Wildman–Crippen MR) is 51.4 cm³/mol. The van der Waals surface area contributed by atoms with Gasteiger partial charge in [0.2, 0.25) is 10.4 Å². The lowest BCUT2D eigenvalue weighted by molar-refractivity contribution is -0.124. The van der Waals surface area contributed by atoms with Crippen LogP contribution in [0.25, 0.3) is 4.98 Å². The zero-order valence-electron chi connectivity index (χ0n) is 9.06. The minimum Gasteiger partial charge on any atom is -0.444 e. The van der Waals surface area contributed by atoms with Gasteiger partial charge < -0.3 is 4.74 Å². The normalized spacial score (nSPS) is 20.1. The average molecular weight is 212 g/mol. The lowest BCUT2D eigenvalue weighted by atomic mass is 10.0. The molecule has 0 aromatic rings. The van der Waals surface area contributed by atoms with Crippen LogP contribution in [0.1, 0.15) is 27.2 Å². The van der Waals surface area contributed by atoms with Gasteiger partial charge in [0, 0.05) is 13.0 Å². The Morgan fingerprint density at radius 3 is 2.40 bits per heavy atom. The van der Waals surface area contributed by atoms with E-state index in [0.29, 0.717) is 13.0 Å². The number of hydrogen-bond donors (Lipinski definition) is 0. The Morgan fingerprint density at radius 1 is 1.47 bits per heavy atom. The summed E-state index contributed by atoms with van der Waals surface area (Å²) in [6.07, 6.45) is -0.0296. The zero-order valence-corrected chi connectivity index (χ0v) is 9.06. The standard InChI is InChI=1S/C9H14N3O3/c1-9(2,3)15-8(14)12-5-4-6(12)7(13)11-10/h6H,4-5H2,1-3H3/q+1. The molecule has 1 fully saturated rings. The number of carbonyl (C=O) groups excluding carboxylic acids is 2. The van der Waals surface area contributed by atoms with E-state index in [4.69, 9.17) is 10.1 Å². The van der Waals surface area contributed by atoms with Gasteiger partial charge in [-0.2, -0.15) is 4.79 Å². The van der Waals surface area contributed by atoms with E-state index >= 15 is 0 Å². The highest BCUT2D eigenvalue weighted by atomic mass is 16.6. The predicted octanol–water partition coefficient (Wildman–Crippen LogP) is 1.38.